The van der Waals surface area contributed by atoms with Crippen molar-refractivity contribution in [2.45, 2.75) is 105 Å². The van der Waals surface area contributed by atoms with Gasteiger partial charge in [-0.15, -0.1) is 0 Å². The van der Waals surface area contributed by atoms with Gasteiger partial charge < -0.3 is 4.90 Å². The van der Waals surface area contributed by atoms with Gasteiger partial charge in [0.05, 0.1) is 5.69 Å². The first-order valence-corrected chi connectivity index (χ1v) is 15.5. The minimum atomic E-state index is -1.02. The van der Waals surface area contributed by atoms with E-state index in [0.717, 1.165) is 56.5 Å². The highest BCUT2D eigenvalue weighted by atomic mass is 16.2. The van der Waals surface area contributed by atoms with Gasteiger partial charge >= 0.3 is 0 Å². The predicted molar refractivity (Wildman–Crippen MR) is 163 cm³/mol. The molecule has 0 bridgehead atoms. The summed E-state index contributed by atoms with van der Waals surface area (Å²) in [6, 6.07) is 7.89. The van der Waals surface area contributed by atoms with Crippen LogP contribution in [0.4, 0.5) is 5.69 Å². The Labute approximate surface area is 246 Å². The minimum Gasteiger partial charge on any atom is -0.338 e. The summed E-state index contributed by atoms with van der Waals surface area (Å²) in [5.41, 5.74) is 1.35. The van der Waals surface area contributed by atoms with Gasteiger partial charge in [-0.1, -0.05) is 73.1 Å². The molecule has 0 N–H and O–H groups in total. The summed E-state index contributed by atoms with van der Waals surface area (Å²) < 4.78 is 0. The molecule has 8 heteroatoms. The van der Waals surface area contributed by atoms with Crippen LogP contribution in [0.15, 0.2) is 45.6 Å². The minimum absolute atomic E-state index is 0.0343. The van der Waals surface area contributed by atoms with Gasteiger partial charge in [-0.2, -0.15) is 15.5 Å². The first-order chi connectivity index (χ1) is 19.8. The maximum absolute atomic E-state index is 13.7. The van der Waals surface area contributed by atoms with Gasteiger partial charge in [-0.05, 0) is 67.9 Å². The summed E-state index contributed by atoms with van der Waals surface area (Å²) in [4.78, 5) is 42.4. The van der Waals surface area contributed by atoms with Crippen LogP contribution >= 0.6 is 0 Å². The van der Waals surface area contributed by atoms with E-state index in [1.807, 2.05) is 13.0 Å². The van der Waals surface area contributed by atoms with Crippen molar-refractivity contribution in [1.29, 1.82) is 5.26 Å². The van der Waals surface area contributed by atoms with E-state index >= 15 is 0 Å². The number of hydrogen-bond acceptors (Lipinski definition) is 6. The first-order valence-electron chi connectivity index (χ1n) is 15.5. The quantitative estimate of drug-likeness (QED) is 0.143. The van der Waals surface area contributed by atoms with Gasteiger partial charge in [-0.25, -0.2) is 0 Å². The molecule has 1 aromatic rings. The fraction of sp³-hybridized carbons (Fsp3) is 0.636. The molecule has 1 aromatic carbocycles. The van der Waals surface area contributed by atoms with E-state index in [-0.39, 0.29) is 18.0 Å². The molecule has 0 aliphatic carbocycles. The highest BCUT2D eigenvalue weighted by Gasteiger charge is 2.39. The Morgan fingerprint density at radius 1 is 0.951 bits per heavy atom. The molecule has 0 fully saturated rings. The number of nitriles is 1. The second-order valence-corrected chi connectivity index (χ2v) is 11.2. The summed E-state index contributed by atoms with van der Waals surface area (Å²) in [5, 5.41) is 18.0. The summed E-state index contributed by atoms with van der Waals surface area (Å²) in [6.45, 7) is 14.0. The number of hydrogen-bond donors (Lipinski definition) is 0. The highest BCUT2D eigenvalue weighted by molar-refractivity contribution is 6.12. The van der Waals surface area contributed by atoms with Crippen LogP contribution in [-0.4, -0.2) is 53.2 Å². The number of rotatable bonds is 17. The maximum atomic E-state index is 13.7. The van der Waals surface area contributed by atoms with E-state index in [2.05, 4.69) is 42.8 Å². The molecule has 8 nitrogen and oxygen atoms in total. The molecule has 41 heavy (non-hydrogen) atoms. The largest absolute Gasteiger partial charge is 0.338 e. The van der Waals surface area contributed by atoms with Crippen molar-refractivity contribution in [1.82, 2.24) is 9.80 Å². The van der Waals surface area contributed by atoms with Crippen molar-refractivity contribution in [3.8, 4) is 6.07 Å². The Morgan fingerprint density at radius 3 is 1.98 bits per heavy atom. The van der Waals surface area contributed by atoms with Crippen molar-refractivity contribution in [2.75, 3.05) is 19.6 Å². The Hall–Kier alpha value is -3.34. The average molecular weight is 564 g/mol. The number of benzene rings is 1. The second-order valence-electron chi connectivity index (χ2n) is 11.2. The zero-order valence-corrected chi connectivity index (χ0v) is 26.0. The van der Waals surface area contributed by atoms with Crippen LogP contribution < -0.4 is 0 Å². The number of nitrogens with zero attached hydrogens (tertiary/aromatic N) is 5. The normalized spacial score (nSPS) is 17.2. The summed E-state index contributed by atoms with van der Waals surface area (Å²) in [5.74, 6) is -0.0424. The maximum Gasteiger partial charge on any atom is 0.271 e. The fourth-order valence-corrected chi connectivity index (χ4v) is 5.26. The molecule has 0 radical (unpaired) electrons. The molecular formula is C33H49N5O3. The number of imide groups is 1. The van der Waals surface area contributed by atoms with Crippen LogP contribution in [0.1, 0.15) is 110 Å². The summed E-state index contributed by atoms with van der Waals surface area (Å²) >= 11 is 0. The van der Waals surface area contributed by atoms with Crippen molar-refractivity contribution >= 4 is 23.4 Å². The zero-order valence-electron chi connectivity index (χ0n) is 26.0. The molecule has 0 spiro atoms. The molecule has 0 saturated carbocycles. The molecule has 0 aromatic heterocycles. The standard InChI is InChI=1S/C33H49N5O3/c1-7-12-14-25(10-4)22-37(23-26(11-5)15-13-8-2)31(39)27-16-18-28(19-17-27)35-36-30-24(6)29(21-34)32(40)38(20-9-3)33(30)41/h16-19,25-26,30H,7-15,20,22-23H2,1-6H3. The molecule has 1 aliphatic heterocycles. The van der Waals surface area contributed by atoms with Crippen molar-refractivity contribution in [3.63, 3.8) is 0 Å². The lowest BCUT2D eigenvalue weighted by Crippen LogP contribution is -2.48. The first kappa shape index (κ1) is 33.9. The lowest BCUT2D eigenvalue weighted by Gasteiger charge is -2.31. The zero-order chi connectivity index (χ0) is 30.4. The van der Waals surface area contributed by atoms with Gasteiger partial charge in [0.25, 0.3) is 17.7 Å². The van der Waals surface area contributed by atoms with Gasteiger partial charge in [-0.3, -0.25) is 19.3 Å². The van der Waals surface area contributed by atoms with Crippen molar-refractivity contribution < 1.29 is 14.4 Å². The molecule has 3 atom stereocenters. The van der Waals surface area contributed by atoms with E-state index < -0.39 is 17.9 Å². The van der Waals surface area contributed by atoms with Crippen LogP contribution in [0.3, 0.4) is 0 Å². The Morgan fingerprint density at radius 2 is 1.51 bits per heavy atom. The van der Waals surface area contributed by atoms with Crippen LogP contribution in [0.25, 0.3) is 0 Å². The molecule has 3 amide bonds. The average Bonchev–Trinajstić information content (AvgIpc) is 2.98. The lowest BCUT2D eigenvalue weighted by molar-refractivity contribution is -0.143. The molecule has 0 saturated heterocycles. The fourth-order valence-electron chi connectivity index (χ4n) is 5.26. The topological polar surface area (TPSA) is 106 Å². The second kappa shape index (κ2) is 17.5. The molecule has 1 aliphatic rings. The van der Waals surface area contributed by atoms with Crippen LogP contribution in [0.2, 0.25) is 0 Å². The molecule has 1 heterocycles. The third kappa shape index (κ3) is 9.34. The van der Waals surface area contributed by atoms with Crippen LogP contribution in [0, 0.1) is 23.2 Å². The lowest BCUT2D eigenvalue weighted by atomic mass is 9.95. The molecular weight excluding hydrogens is 514 g/mol. The molecule has 224 valence electrons. The number of carbonyl (C=O) groups is 3. The Bertz CT molecular complexity index is 1100. The van der Waals surface area contributed by atoms with Gasteiger partial charge in [0.1, 0.15) is 11.6 Å². The smallest absolute Gasteiger partial charge is 0.271 e. The van der Waals surface area contributed by atoms with E-state index in [1.165, 1.54) is 12.8 Å². The SMILES string of the molecule is CCCCC(CC)CN(CC(CC)CCCC)C(=O)c1ccc(N=NC2C(=O)N(CCC)C(=O)C(C#N)=C2C)cc1. The Balaban J connectivity index is 2.27. The Kier molecular flexibility index (Phi) is 14.4. The predicted octanol–water partition coefficient (Wildman–Crippen LogP) is 7.63. The van der Waals surface area contributed by atoms with Crippen LogP contribution in [0.5, 0.6) is 0 Å². The van der Waals surface area contributed by atoms with E-state index in [9.17, 15) is 19.6 Å². The number of carbonyl (C=O) groups excluding carboxylic acids is 3. The van der Waals surface area contributed by atoms with Gasteiger partial charge in [0, 0.05) is 25.2 Å². The van der Waals surface area contributed by atoms with Crippen LogP contribution in [-0.2, 0) is 9.59 Å². The molecule has 2 rings (SSSR count). The third-order valence-corrected chi connectivity index (χ3v) is 8.06. The number of unbranched alkanes of at least 4 members (excludes halogenated alkanes) is 2. The van der Waals surface area contributed by atoms with E-state index in [1.54, 1.807) is 31.2 Å². The van der Waals surface area contributed by atoms with Gasteiger partial charge in [0.15, 0.2) is 6.04 Å². The molecule has 3 unspecified atom stereocenters. The van der Waals surface area contributed by atoms with E-state index in [4.69, 9.17) is 0 Å². The van der Waals surface area contributed by atoms with E-state index in [0.29, 0.717) is 35.1 Å². The summed E-state index contributed by atoms with van der Waals surface area (Å²) in [7, 11) is 0. The number of azo groups is 1. The highest BCUT2D eigenvalue weighted by Crippen LogP contribution is 2.26. The third-order valence-electron chi connectivity index (χ3n) is 8.06. The number of amides is 3. The van der Waals surface area contributed by atoms with Crippen molar-refractivity contribution in [2.24, 2.45) is 22.1 Å². The monoisotopic (exact) mass is 563 g/mol. The summed E-state index contributed by atoms with van der Waals surface area (Å²) in [6.07, 6.45) is 9.60. The van der Waals surface area contributed by atoms with Gasteiger partial charge in [0.2, 0.25) is 0 Å². The van der Waals surface area contributed by atoms with Crippen molar-refractivity contribution in [3.05, 3.63) is 41.0 Å².